The van der Waals surface area contributed by atoms with E-state index >= 15 is 0 Å². The SMILES string of the molecule is CCCNC(C#N)(COC1CCCC1)C1CC1. The Kier molecular flexibility index (Phi) is 4.42. The Labute approximate surface area is 105 Å². The summed E-state index contributed by atoms with van der Waals surface area (Å²) in [4.78, 5) is 0. The molecule has 0 aromatic rings. The molecule has 2 saturated carbocycles. The van der Waals surface area contributed by atoms with Crippen LogP contribution in [0.25, 0.3) is 0 Å². The molecule has 2 aliphatic carbocycles. The standard InChI is InChI=1S/C14H24N2O/c1-2-9-16-14(10-15,12-7-8-12)11-17-13-5-3-4-6-13/h12-13,16H,2-9,11H2,1H3. The van der Waals surface area contributed by atoms with E-state index in [9.17, 15) is 5.26 Å². The van der Waals surface area contributed by atoms with Gasteiger partial charge in [-0.15, -0.1) is 0 Å². The van der Waals surface area contributed by atoms with E-state index in [1.807, 2.05) is 0 Å². The lowest BCUT2D eigenvalue weighted by atomic mass is 9.96. The second kappa shape index (κ2) is 5.84. The van der Waals surface area contributed by atoms with E-state index in [2.05, 4.69) is 18.3 Å². The van der Waals surface area contributed by atoms with Gasteiger partial charge in [0, 0.05) is 0 Å². The first kappa shape index (κ1) is 12.9. The molecule has 2 aliphatic rings. The normalized spacial score (nSPS) is 24.5. The Morgan fingerprint density at radius 1 is 1.29 bits per heavy atom. The molecule has 0 aliphatic heterocycles. The maximum absolute atomic E-state index is 9.50. The summed E-state index contributed by atoms with van der Waals surface area (Å²) in [5.74, 6) is 0.514. The molecule has 3 heteroatoms. The maximum Gasteiger partial charge on any atom is 0.133 e. The van der Waals surface area contributed by atoms with Crippen molar-refractivity contribution in [2.24, 2.45) is 5.92 Å². The Morgan fingerprint density at radius 2 is 2.00 bits per heavy atom. The van der Waals surface area contributed by atoms with Crippen LogP contribution in [0.15, 0.2) is 0 Å². The van der Waals surface area contributed by atoms with E-state index in [0.717, 1.165) is 13.0 Å². The number of nitrogens with one attached hydrogen (secondary N) is 1. The first-order chi connectivity index (χ1) is 8.30. The van der Waals surface area contributed by atoms with Gasteiger partial charge in [0.25, 0.3) is 0 Å². The molecule has 1 unspecified atom stereocenters. The third kappa shape index (κ3) is 3.20. The van der Waals surface area contributed by atoms with E-state index in [1.54, 1.807) is 0 Å². The maximum atomic E-state index is 9.50. The summed E-state index contributed by atoms with van der Waals surface area (Å²) in [7, 11) is 0. The Hall–Kier alpha value is -0.590. The van der Waals surface area contributed by atoms with Crippen LogP contribution < -0.4 is 5.32 Å². The molecular formula is C14H24N2O. The summed E-state index contributed by atoms with van der Waals surface area (Å²) < 4.78 is 5.97. The van der Waals surface area contributed by atoms with Gasteiger partial charge in [0.1, 0.15) is 5.54 Å². The van der Waals surface area contributed by atoms with E-state index < -0.39 is 5.54 Å². The van der Waals surface area contributed by atoms with Gasteiger partial charge in [-0.3, -0.25) is 5.32 Å². The largest absolute Gasteiger partial charge is 0.375 e. The van der Waals surface area contributed by atoms with Crippen molar-refractivity contribution in [2.45, 2.75) is 63.5 Å². The topological polar surface area (TPSA) is 45.0 Å². The fraction of sp³-hybridized carbons (Fsp3) is 0.929. The quantitative estimate of drug-likeness (QED) is 0.739. The van der Waals surface area contributed by atoms with Gasteiger partial charge in [-0.2, -0.15) is 5.26 Å². The van der Waals surface area contributed by atoms with E-state index in [1.165, 1.54) is 38.5 Å². The Morgan fingerprint density at radius 3 is 2.53 bits per heavy atom. The number of rotatable bonds is 7. The lowest BCUT2D eigenvalue weighted by Gasteiger charge is -2.29. The molecule has 0 radical (unpaired) electrons. The minimum absolute atomic E-state index is 0.404. The second-order valence-corrected chi connectivity index (χ2v) is 5.50. The van der Waals surface area contributed by atoms with Crippen molar-refractivity contribution in [1.82, 2.24) is 5.32 Å². The van der Waals surface area contributed by atoms with Crippen molar-refractivity contribution in [1.29, 1.82) is 5.26 Å². The van der Waals surface area contributed by atoms with Gasteiger partial charge >= 0.3 is 0 Å². The summed E-state index contributed by atoms with van der Waals surface area (Å²) >= 11 is 0. The van der Waals surface area contributed by atoms with Gasteiger partial charge < -0.3 is 4.74 Å². The molecule has 0 heterocycles. The average Bonchev–Trinajstić information content (AvgIpc) is 3.08. The highest BCUT2D eigenvalue weighted by Gasteiger charge is 2.46. The molecule has 0 saturated heterocycles. The van der Waals surface area contributed by atoms with E-state index in [4.69, 9.17) is 4.74 Å². The molecule has 0 aromatic carbocycles. The summed E-state index contributed by atoms with van der Waals surface area (Å²) in [5, 5.41) is 12.9. The zero-order chi connectivity index (χ0) is 12.1. The first-order valence-electron chi connectivity index (χ1n) is 7.08. The molecule has 2 fully saturated rings. The third-order valence-electron chi connectivity index (χ3n) is 4.01. The van der Waals surface area contributed by atoms with Crippen molar-refractivity contribution >= 4 is 0 Å². The number of nitriles is 1. The van der Waals surface area contributed by atoms with Crippen LogP contribution >= 0.6 is 0 Å². The second-order valence-electron chi connectivity index (χ2n) is 5.50. The predicted octanol–water partition coefficient (Wildman–Crippen LogP) is 2.62. The molecule has 1 atom stereocenters. The van der Waals surface area contributed by atoms with Gasteiger partial charge in [-0.1, -0.05) is 19.8 Å². The third-order valence-corrected chi connectivity index (χ3v) is 4.01. The molecule has 1 N–H and O–H groups in total. The van der Waals surface area contributed by atoms with E-state index in [0.29, 0.717) is 18.6 Å². The molecule has 2 rings (SSSR count). The van der Waals surface area contributed by atoms with Crippen LogP contribution in [0.2, 0.25) is 0 Å². The molecule has 17 heavy (non-hydrogen) atoms. The van der Waals surface area contributed by atoms with Crippen LogP contribution in [-0.2, 0) is 4.74 Å². The van der Waals surface area contributed by atoms with Gasteiger partial charge in [0.15, 0.2) is 0 Å². The van der Waals surface area contributed by atoms with Crippen LogP contribution in [0, 0.1) is 17.2 Å². The number of ether oxygens (including phenoxy) is 1. The lowest BCUT2D eigenvalue weighted by molar-refractivity contribution is 0.0218. The molecule has 3 nitrogen and oxygen atoms in total. The average molecular weight is 236 g/mol. The zero-order valence-corrected chi connectivity index (χ0v) is 10.9. The summed E-state index contributed by atoms with van der Waals surface area (Å²) in [6.07, 6.45) is 8.77. The summed E-state index contributed by atoms with van der Waals surface area (Å²) in [5.41, 5.74) is -0.404. The Bertz CT molecular complexity index is 276. The van der Waals surface area contributed by atoms with Crippen LogP contribution in [-0.4, -0.2) is 24.8 Å². The lowest BCUT2D eigenvalue weighted by Crippen LogP contribution is -2.51. The minimum atomic E-state index is -0.404. The molecule has 0 spiro atoms. The van der Waals surface area contributed by atoms with Gasteiger partial charge in [-0.25, -0.2) is 0 Å². The van der Waals surface area contributed by atoms with Gasteiger partial charge in [-0.05, 0) is 44.6 Å². The highest BCUT2D eigenvalue weighted by molar-refractivity contribution is 5.15. The van der Waals surface area contributed by atoms with Gasteiger partial charge in [0.2, 0.25) is 0 Å². The predicted molar refractivity (Wildman–Crippen MR) is 67.6 cm³/mol. The fourth-order valence-electron chi connectivity index (χ4n) is 2.70. The number of hydrogen-bond donors (Lipinski definition) is 1. The number of nitrogens with zero attached hydrogens (tertiary/aromatic N) is 1. The molecule has 0 amide bonds. The van der Waals surface area contributed by atoms with Crippen molar-refractivity contribution in [3.63, 3.8) is 0 Å². The molecule has 0 aromatic heterocycles. The van der Waals surface area contributed by atoms with Crippen molar-refractivity contribution in [3.05, 3.63) is 0 Å². The monoisotopic (exact) mass is 236 g/mol. The van der Waals surface area contributed by atoms with Crippen LogP contribution in [0.3, 0.4) is 0 Å². The van der Waals surface area contributed by atoms with Gasteiger partial charge in [0.05, 0.1) is 18.8 Å². The first-order valence-corrected chi connectivity index (χ1v) is 7.08. The van der Waals surface area contributed by atoms with Crippen molar-refractivity contribution < 1.29 is 4.74 Å². The van der Waals surface area contributed by atoms with Crippen LogP contribution in [0.4, 0.5) is 0 Å². The number of hydrogen-bond acceptors (Lipinski definition) is 3. The van der Waals surface area contributed by atoms with Crippen molar-refractivity contribution in [3.8, 4) is 6.07 Å². The molecular weight excluding hydrogens is 212 g/mol. The molecule has 96 valence electrons. The summed E-state index contributed by atoms with van der Waals surface area (Å²) in [6, 6.07) is 2.50. The highest BCUT2D eigenvalue weighted by atomic mass is 16.5. The molecule has 0 bridgehead atoms. The zero-order valence-electron chi connectivity index (χ0n) is 10.9. The fourth-order valence-corrected chi connectivity index (χ4v) is 2.70. The van der Waals surface area contributed by atoms with Crippen LogP contribution in [0.1, 0.15) is 51.9 Å². The van der Waals surface area contributed by atoms with Crippen molar-refractivity contribution in [2.75, 3.05) is 13.2 Å². The smallest absolute Gasteiger partial charge is 0.133 e. The Balaban J connectivity index is 1.87. The van der Waals surface area contributed by atoms with E-state index in [-0.39, 0.29) is 0 Å². The minimum Gasteiger partial charge on any atom is -0.375 e. The highest BCUT2D eigenvalue weighted by Crippen LogP contribution is 2.40. The summed E-state index contributed by atoms with van der Waals surface area (Å²) in [6.45, 7) is 3.64. The van der Waals surface area contributed by atoms with Crippen LogP contribution in [0.5, 0.6) is 0 Å².